The van der Waals surface area contributed by atoms with E-state index in [9.17, 15) is 5.11 Å². The van der Waals surface area contributed by atoms with Crippen LogP contribution in [0, 0.1) is 0 Å². The highest BCUT2D eigenvalue weighted by molar-refractivity contribution is 7.80. The largest absolute Gasteiger partial charge is 0.394 e. The molecule has 0 aromatic heterocycles. The molecule has 0 radical (unpaired) electrons. The molecule has 0 saturated carbocycles. The molecule has 0 amide bonds. The molecule has 0 aliphatic heterocycles. The predicted molar refractivity (Wildman–Crippen MR) is 83.9 cm³/mol. The minimum atomic E-state index is -0.709. The van der Waals surface area contributed by atoms with Gasteiger partial charge >= 0.3 is 0 Å². The number of hydrogen-bond donors (Lipinski definition) is 4. The maximum Gasteiger partial charge on any atom is 0.0895 e. The van der Waals surface area contributed by atoms with Crippen LogP contribution in [0.15, 0.2) is 53.4 Å². The van der Waals surface area contributed by atoms with E-state index in [4.69, 9.17) is 5.11 Å². The fraction of sp³-hybridized carbons (Fsp3) is 0.250. The number of benzene rings is 2. The van der Waals surface area contributed by atoms with Crippen molar-refractivity contribution in [3.05, 3.63) is 54.1 Å². The number of hydrogen-bond acceptors (Lipinski definition) is 4. The van der Waals surface area contributed by atoms with Crippen molar-refractivity contribution in [3.8, 4) is 11.1 Å². The van der Waals surface area contributed by atoms with Gasteiger partial charge in [0.05, 0.1) is 12.7 Å². The van der Waals surface area contributed by atoms with Crippen molar-refractivity contribution in [1.82, 2.24) is 5.32 Å². The smallest absolute Gasteiger partial charge is 0.0895 e. The molecule has 0 spiro atoms. The third kappa shape index (κ3) is 4.35. The van der Waals surface area contributed by atoms with Gasteiger partial charge in [0.15, 0.2) is 0 Å². The molecule has 2 aromatic carbocycles. The lowest BCUT2D eigenvalue weighted by Crippen LogP contribution is -2.28. The summed E-state index contributed by atoms with van der Waals surface area (Å²) in [6.07, 6.45) is -0.709. The van der Waals surface area contributed by atoms with Crippen molar-refractivity contribution in [2.24, 2.45) is 0 Å². The van der Waals surface area contributed by atoms with Crippen LogP contribution in [0.2, 0.25) is 0 Å². The van der Waals surface area contributed by atoms with Crippen molar-refractivity contribution in [2.45, 2.75) is 17.5 Å². The summed E-state index contributed by atoms with van der Waals surface area (Å²) in [6.45, 7) is 0.820. The number of aliphatic hydroxyl groups is 2. The fourth-order valence-electron chi connectivity index (χ4n) is 1.99. The Morgan fingerprint density at radius 1 is 1.05 bits per heavy atom. The first-order valence-corrected chi connectivity index (χ1v) is 7.02. The summed E-state index contributed by atoms with van der Waals surface area (Å²) in [5.41, 5.74) is 3.41. The number of aliphatic hydroxyl groups excluding tert-OH is 2. The summed E-state index contributed by atoms with van der Waals surface area (Å²) in [7, 11) is 0. The zero-order chi connectivity index (χ0) is 14.4. The number of thiol groups is 1. The van der Waals surface area contributed by atoms with Crippen LogP contribution in [0.25, 0.3) is 11.1 Å². The van der Waals surface area contributed by atoms with Gasteiger partial charge in [-0.3, -0.25) is 0 Å². The Morgan fingerprint density at radius 3 is 2.45 bits per heavy atom. The van der Waals surface area contributed by atoms with E-state index in [1.165, 1.54) is 0 Å². The molecule has 2 aromatic rings. The molecule has 0 fully saturated rings. The monoisotopic (exact) mass is 289 g/mol. The van der Waals surface area contributed by atoms with Gasteiger partial charge in [-0.05, 0) is 34.9 Å². The van der Waals surface area contributed by atoms with E-state index in [-0.39, 0.29) is 6.61 Å². The highest BCUT2D eigenvalue weighted by atomic mass is 32.1. The normalized spacial score (nSPS) is 12.3. The molecule has 3 nitrogen and oxygen atoms in total. The quantitative estimate of drug-likeness (QED) is 0.616. The van der Waals surface area contributed by atoms with E-state index in [0.717, 1.165) is 21.6 Å². The average molecular weight is 289 g/mol. The third-order valence-corrected chi connectivity index (χ3v) is 3.30. The zero-order valence-corrected chi connectivity index (χ0v) is 12.1. The van der Waals surface area contributed by atoms with Gasteiger partial charge in [-0.25, -0.2) is 0 Å². The van der Waals surface area contributed by atoms with Crippen LogP contribution in [0.1, 0.15) is 5.56 Å². The number of rotatable bonds is 6. The summed E-state index contributed by atoms with van der Waals surface area (Å²) in [4.78, 5) is 0.942. The highest BCUT2D eigenvalue weighted by Crippen LogP contribution is 2.22. The van der Waals surface area contributed by atoms with E-state index in [0.29, 0.717) is 13.1 Å². The minimum Gasteiger partial charge on any atom is -0.394 e. The summed E-state index contributed by atoms with van der Waals surface area (Å²) in [5, 5.41) is 21.1. The second kappa shape index (κ2) is 7.45. The van der Waals surface area contributed by atoms with Crippen LogP contribution in [0.5, 0.6) is 0 Å². The van der Waals surface area contributed by atoms with Gasteiger partial charge in [-0.1, -0.05) is 30.3 Å². The molecule has 3 N–H and O–H groups in total. The van der Waals surface area contributed by atoms with E-state index in [2.05, 4.69) is 36.1 Å². The lowest BCUT2D eigenvalue weighted by molar-refractivity contribution is 0.0942. The van der Waals surface area contributed by atoms with Gasteiger partial charge in [0.2, 0.25) is 0 Å². The summed E-state index contributed by atoms with van der Waals surface area (Å²) in [6, 6.07) is 16.3. The van der Waals surface area contributed by atoms with Crippen molar-refractivity contribution < 1.29 is 10.2 Å². The first-order chi connectivity index (χ1) is 9.69. The Balaban J connectivity index is 2.04. The molecule has 0 heterocycles. The topological polar surface area (TPSA) is 52.5 Å². The zero-order valence-electron chi connectivity index (χ0n) is 11.2. The van der Waals surface area contributed by atoms with Gasteiger partial charge in [0.25, 0.3) is 0 Å². The predicted octanol–water partition coefficient (Wildman–Crippen LogP) is 2.09. The van der Waals surface area contributed by atoms with Crippen molar-refractivity contribution >= 4 is 12.6 Å². The van der Waals surface area contributed by atoms with Crippen LogP contribution in [-0.2, 0) is 6.54 Å². The van der Waals surface area contributed by atoms with Gasteiger partial charge in [0.1, 0.15) is 0 Å². The third-order valence-electron chi connectivity index (χ3n) is 3.03. The molecular formula is C16H19NO2S. The maximum absolute atomic E-state index is 9.28. The van der Waals surface area contributed by atoms with Crippen LogP contribution < -0.4 is 5.32 Å². The van der Waals surface area contributed by atoms with E-state index >= 15 is 0 Å². The van der Waals surface area contributed by atoms with Crippen molar-refractivity contribution in [3.63, 3.8) is 0 Å². The SMILES string of the molecule is OC[C@H](O)CNCc1cccc(-c2cccc(S)c2)c1. The van der Waals surface area contributed by atoms with Crippen LogP contribution in [0.4, 0.5) is 0 Å². The first-order valence-electron chi connectivity index (χ1n) is 6.57. The molecule has 2 rings (SSSR count). The molecule has 20 heavy (non-hydrogen) atoms. The molecule has 106 valence electrons. The molecule has 0 bridgehead atoms. The summed E-state index contributed by atoms with van der Waals surface area (Å²) < 4.78 is 0. The first kappa shape index (κ1) is 15.1. The molecule has 1 atom stereocenters. The summed E-state index contributed by atoms with van der Waals surface area (Å²) in [5.74, 6) is 0. The number of nitrogens with one attached hydrogen (secondary N) is 1. The Bertz CT molecular complexity index is 560. The van der Waals surface area contributed by atoms with Crippen molar-refractivity contribution in [1.29, 1.82) is 0 Å². The Morgan fingerprint density at radius 2 is 1.75 bits per heavy atom. The van der Waals surface area contributed by atoms with Crippen molar-refractivity contribution in [2.75, 3.05) is 13.2 Å². The summed E-state index contributed by atoms with van der Waals surface area (Å²) >= 11 is 4.36. The molecule has 0 unspecified atom stereocenters. The second-order valence-corrected chi connectivity index (χ2v) is 5.23. The van der Waals surface area contributed by atoms with Gasteiger partial charge in [0, 0.05) is 18.0 Å². The highest BCUT2D eigenvalue weighted by Gasteiger charge is 2.02. The van der Waals surface area contributed by atoms with Gasteiger partial charge < -0.3 is 15.5 Å². The fourth-order valence-corrected chi connectivity index (χ4v) is 2.22. The van der Waals surface area contributed by atoms with Gasteiger partial charge in [-0.2, -0.15) is 0 Å². The van der Waals surface area contributed by atoms with E-state index < -0.39 is 6.10 Å². The minimum absolute atomic E-state index is 0.220. The molecule has 0 saturated heterocycles. The van der Waals surface area contributed by atoms with Crippen LogP contribution >= 0.6 is 12.6 Å². The van der Waals surface area contributed by atoms with Crippen LogP contribution in [-0.4, -0.2) is 29.5 Å². The Kier molecular flexibility index (Phi) is 5.61. The molecular weight excluding hydrogens is 270 g/mol. The van der Waals surface area contributed by atoms with Crippen LogP contribution in [0.3, 0.4) is 0 Å². The lowest BCUT2D eigenvalue weighted by Gasteiger charge is -2.10. The molecule has 0 aliphatic carbocycles. The van der Waals surface area contributed by atoms with E-state index in [1.54, 1.807) is 0 Å². The standard InChI is InChI=1S/C16H19NO2S/c18-11-15(19)10-17-9-12-3-1-4-13(7-12)14-5-2-6-16(20)8-14/h1-8,15,17-20H,9-11H2/t15-/m1/s1. The molecule has 0 aliphatic rings. The molecule has 4 heteroatoms. The Labute approximate surface area is 124 Å². The van der Waals surface area contributed by atoms with Gasteiger partial charge in [-0.15, -0.1) is 12.6 Å². The lowest BCUT2D eigenvalue weighted by atomic mass is 10.0. The average Bonchev–Trinajstić information content (AvgIpc) is 2.47. The maximum atomic E-state index is 9.28. The Hall–Kier alpha value is -1.33. The van der Waals surface area contributed by atoms with E-state index in [1.807, 2.05) is 30.3 Å². The second-order valence-electron chi connectivity index (χ2n) is 4.72.